The van der Waals surface area contributed by atoms with Crippen molar-refractivity contribution in [3.63, 3.8) is 0 Å². The molecular weight excluding hydrogens is 439 g/mol. The van der Waals surface area contributed by atoms with Crippen molar-refractivity contribution in [3.8, 4) is 17.2 Å². The van der Waals surface area contributed by atoms with E-state index in [1.54, 1.807) is 24.3 Å². The number of nitrogens with zero attached hydrogens (tertiary/aromatic N) is 1. The lowest BCUT2D eigenvalue weighted by molar-refractivity contribution is -0.139. The van der Waals surface area contributed by atoms with Gasteiger partial charge in [-0.05, 0) is 59.2 Å². The summed E-state index contributed by atoms with van der Waals surface area (Å²) in [6.07, 6.45) is -0.936. The second-order valence-electron chi connectivity index (χ2n) is 7.60. The largest absolute Gasteiger partial charge is 0.480 e. The smallest absolute Gasteiger partial charge is 0.408 e. The summed E-state index contributed by atoms with van der Waals surface area (Å²) in [5.41, 5.74) is 3.51. The fourth-order valence-corrected chi connectivity index (χ4v) is 3.49. The minimum atomic E-state index is -1.24. The van der Waals surface area contributed by atoms with Gasteiger partial charge in [0.2, 0.25) is 0 Å². The van der Waals surface area contributed by atoms with E-state index >= 15 is 0 Å². The van der Waals surface area contributed by atoms with Gasteiger partial charge in [0.1, 0.15) is 23.2 Å². The van der Waals surface area contributed by atoms with Gasteiger partial charge >= 0.3 is 12.1 Å². The van der Waals surface area contributed by atoms with Crippen molar-refractivity contribution < 1.29 is 28.2 Å². The number of nitrogens with one attached hydrogen (secondary N) is 1. The lowest BCUT2D eigenvalue weighted by Gasteiger charge is -2.14. The van der Waals surface area contributed by atoms with Crippen LogP contribution in [0.3, 0.4) is 0 Å². The summed E-state index contributed by atoms with van der Waals surface area (Å²) < 4.78 is 23.9. The third-order valence-corrected chi connectivity index (χ3v) is 5.18. The molecule has 0 saturated heterocycles. The third-order valence-electron chi connectivity index (χ3n) is 5.18. The number of carboxylic acid groups (broad SMARTS) is 1. The predicted octanol–water partition coefficient (Wildman–Crippen LogP) is 5.03. The third kappa shape index (κ3) is 5.40. The van der Waals surface area contributed by atoms with Crippen LogP contribution in [0.5, 0.6) is 0 Å². The molecular formula is C26H19FN2O5. The van der Waals surface area contributed by atoms with Crippen LogP contribution in [-0.4, -0.2) is 23.2 Å². The molecule has 34 heavy (non-hydrogen) atoms. The fourth-order valence-electron chi connectivity index (χ4n) is 3.49. The van der Waals surface area contributed by atoms with Gasteiger partial charge in [0.15, 0.2) is 6.61 Å². The Morgan fingerprint density at radius 3 is 2.56 bits per heavy atom. The number of fused-ring (bicyclic) bond motifs is 1. The molecule has 1 heterocycles. The maximum atomic E-state index is 13.0. The molecule has 0 aliphatic carbocycles. The van der Waals surface area contributed by atoms with E-state index in [0.717, 1.165) is 16.5 Å². The number of carboxylic acids is 1. The lowest BCUT2D eigenvalue weighted by atomic mass is 10.0. The number of nitriles is 1. The van der Waals surface area contributed by atoms with Crippen molar-refractivity contribution in [1.82, 2.24) is 5.32 Å². The molecule has 4 aromatic rings. The highest BCUT2D eigenvalue weighted by Gasteiger charge is 2.21. The minimum Gasteiger partial charge on any atom is -0.480 e. The molecule has 1 amide bonds. The number of alkyl carbamates (subject to hydrolysis) is 1. The summed E-state index contributed by atoms with van der Waals surface area (Å²) in [5, 5.41) is 21.6. The second kappa shape index (κ2) is 9.88. The first kappa shape index (κ1) is 22.6. The summed E-state index contributed by atoms with van der Waals surface area (Å²) in [5.74, 6) is -1.28. The maximum absolute atomic E-state index is 13.0. The summed E-state index contributed by atoms with van der Waals surface area (Å²) in [6.45, 7) is -0.192. The highest BCUT2D eigenvalue weighted by molar-refractivity contribution is 5.84. The summed E-state index contributed by atoms with van der Waals surface area (Å²) in [6, 6.07) is 20.8. The molecule has 1 atom stereocenters. The van der Waals surface area contributed by atoms with E-state index in [-0.39, 0.29) is 13.0 Å². The molecule has 1 aromatic heterocycles. The predicted molar refractivity (Wildman–Crippen MR) is 121 cm³/mol. The first-order valence-electron chi connectivity index (χ1n) is 10.3. The molecule has 0 aliphatic heterocycles. The Kier molecular flexibility index (Phi) is 6.55. The van der Waals surface area contributed by atoms with Crippen LogP contribution in [0, 0.1) is 17.1 Å². The van der Waals surface area contributed by atoms with Crippen LogP contribution < -0.4 is 5.32 Å². The number of ether oxygens (including phenoxy) is 1. The van der Waals surface area contributed by atoms with Crippen molar-refractivity contribution >= 4 is 23.0 Å². The summed E-state index contributed by atoms with van der Waals surface area (Å²) in [7, 11) is 0. The Hall–Kier alpha value is -4.64. The van der Waals surface area contributed by atoms with E-state index in [4.69, 9.17) is 14.4 Å². The van der Waals surface area contributed by atoms with Crippen LogP contribution in [-0.2, 0) is 22.6 Å². The zero-order chi connectivity index (χ0) is 24.1. The summed E-state index contributed by atoms with van der Waals surface area (Å²) >= 11 is 0. The van der Waals surface area contributed by atoms with Gasteiger partial charge in [-0.1, -0.05) is 30.3 Å². The molecule has 0 bridgehead atoms. The van der Waals surface area contributed by atoms with Crippen LogP contribution in [0.15, 0.2) is 77.2 Å². The van der Waals surface area contributed by atoms with Gasteiger partial charge in [-0.2, -0.15) is 5.26 Å². The van der Waals surface area contributed by atoms with E-state index in [1.165, 1.54) is 24.3 Å². The molecule has 7 nitrogen and oxygen atoms in total. The van der Waals surface area contributed by atoms with E-state index in [1.807, 2.05) is 24.3 Å². The highest BCUT2D eigenvalue weighted by atomic mass is 19.1. The van der Waals surface area contributed by atoms with Crippen molar-refractivity contribution in [2.75, 3.05) is 0 Å². The zero-order valence-corrected chi connectivity index (χ0v) is 17.8. The van der Waals surface area contributed by atoms with Crippen molar-refractivity contribution in [3.05, 3.63) is 95.5 Å². The number of hydrogen-bond acceptors (Lipinski definition) is 5. The van der Waals surface area contributed by atoms with Gasteiger partial charge in [0.25, 0.3) is 0 Å². The number of furan rings is 1. The standard InChI is InChI=1S/C26H19FN2O5/c27-21-7-4-16(5-8-21)11-23(25(30)31)29-26(32)33-15-22-13-20-12-19(6-9-24(20)34-22)18-3-1-2-17(10-18)14-28/h1-10,12-13,23H,11,15H2,(H,29,32)(H,30,31). The quantitative estimate of drug-likeness (QED) is 0.402. The van der Waals surface area contributed by atoms with E-state index < -0.39 is 23.9 Å². The average Bonchev–Trinajstić information content (AvgIpc) is 3.26. The van der Waals surface area contributed by atoms with Gasteiger partial charge in [0.05, 0.1) is 11.6 Å². The number of benzene rings is 3. The van der Waals surface area contributed by atoms with Crippen molar-refractivity contribution in [2.24, 2.45) is 0 Å². The Balaban J connectivity index is 1.40. The lowest BCUT2D eigenvalue weighted by Crippen LogP contribution is -2.42. The highest BCUT2D eigenvalue weighted by Crippen LogP contribution is 2.27. The van der Waals surface area contributed by atoms with Crippen LogP contribution in [0.2, 0.25) is 0 Å². The molecule has 170 valence electrons. The van der Waals surface area contributed by atoms with E-state index in [9.17, 15) is 19.1 Å². The van der Waals surface area contributed by atoms with Gasteiger partial charge < -0.3 is 19.6 Å². The normalized spacial score (nSPS) is 11.5. The van der Waals surface area contributed by atoms with E-state index in [0.29, 0.717) is 22.5 Å². The van der Waals surface area contributed by atoms with Gasteiger partial charge in [-0.3, -0.25) is 0 Å². The molecule has 0 spiro atoms. The fraction of sp³-hybridized carbons (Fsp3) is 0.115. The van der Waals surface area contributed by atoms with Gasteiger partial charge in [0, 0.05) is 11.8 Å². The van der Waals surface area contributed by atoms with Gasteiger partial charge in [-0.25, -0.2) is 14.0 Å². The molecule has 0 aliphatic rings. The molecule has 2 N–H and O–H groups in total. The number of halogens is 1. The molecule has 4 rings (SSSR count). The number of hydrogen-bond donors (Lipinski definition) is 2. The van der Waals surface area contributed by atoms with Crippen molar-refractivity contribution in [2.45, 2.75) is 19.1 Å². The second-order valence-corrected chi connectivity index (χ2v) is 7.60. The maximum Gasteiger partial charge on any atom is 0.408 e. The Morgan fingerprint density at radius 2 is 1.82 bits per heavy atom. The molecule has 3 aromatic carbocycles. The zero-order valence-electron chi connectivity index (χ0n) is 17.8. The first-order chi connectivity index (χ1) is 16.4. The van der Waals surface area contributed by atoms with E-state index in [2.05, 4.69) is 11.4 Å². The van der Waals surface area contributed by atoms with Crippen LogP contribution in [0.25, 0.3) is 22.1 Å². The molecule has 0 fully saturated rings. The number of rotatable bonds is 7. The van der Waals surface area contributed by atoms with Crippen LogP contribution in [0.1, 0.15) is 16.9 Å². The van der Waals surface area contributed by atoms with Crippen LogP contribution in [0.4, 0.5) is 9.18 Å². The molecule has 8 heteroatoms. The van der Waals surface area contributed by atoms with Gasteiger partial charge in [-0.15, -0.1) is 0 Å². The minimum absolute atomic E-state index is 0.0227. The first-order valence-corrected chi connectivity index (χ1v) is 10.3. The number of aliphatic carboxylic acids is 1. The van der Waals surface area contributed by atoms with Crippen LogP contribution >= 0.6 is 0 Å². The SMILES string of the molecule is N#Cc1cccc(-c2ccc3oc(COC(=O)NC(Cc4ccc(F)cc4)C(=O)O)cc3c2)c1. The Bertz CT molecular complexity index is 1390. The molecule has 0 saturated carbocycles. The Labute approximate surface area is 194 Å². The summed E-state index contributed by atoms with van der Waals surface area (Å²) in [4.78, 5) is 23.7. The molecule has 1 unspecified atom stereocenters. The number of carbonyl (C=O) groups is 2. The number of amides is 1. The van der Waals surface area contributed by atoms with Crippen molar-refractivity contribution in [1.29, 1.82) is 5.26 Å². The average molecular weight is 458 g/mol. The Morgan fingerprint density at radius 1 is 1.06 bits per heavy atom. The monoisotopic (exact) mass is 458 g/mol. The molecule has 0 radical (unpaired) electrons. The topological polar surface area (TPSA) is 113 Å². The number of carbonyl (C=O) groups excluding carboxylic acids is 1.